The van der Waals surface area contributed by atoms with Crippen molar-refractivity contribution in [2.45, 2.75) is 31.8 Å². The van der Waals surface area contributed by atoms with Crippen molar-refractivity contribution in [2.24, 2.45) is 0 Å². The molecule has 0 bridgehead atoms. The number of carbonyl (C=O) groups is 1. The first-order chi connectivity index (χ1) is 8.16. The summed E-state index contributed by atoms with van der Waals surface area (Å²) in [6, 6.07) is 6.25. The van der Waals surface area contributed by atoms with Crippen LogP contribution in [0.15, 0.2) is 24.3 Å². The molecule has 1 atom stereocenters. The predicted octanol–water partition coefficient (Wildman–Crippen LogP) is 2.49. The lowest BCUT2D eigenvalue weighted by Crippen LogP contribution is -2.25. The van der Waals surface area contributed by atoms with Gasteiger partial charge in [0.25, 0.3) is 0 Å². The number of hydrogen-bond donors (Lipinski definition) is 0. The van der Waals surface area contributed by atoms with E-state index in [2.05, 4.69) is 0 Å². The van der Waals surface area contributed by atoms with Crippen LogP contribution in [0.25, 0.3) is 0 Å². The summed E-state index contributed by atoms with van der Waals surface area (Å²) < 4.78 is 5.56. The molecule has 5 nitrogen and oxygen atoms in total. The minimum absolute atomic E-state index is 0.0504. The van der Waals surface area contributed by atoms with E-state index in [1.807, 2.05) is 0 Å². The normalized spacial score (nSPS) is 20.0. The molecule has 1 aliphatic rings. The van der Waals surface area contributed by atoms with Crippen LogP contribution in [0.4, 0.5) is 5.69 Å². The molecule has 0 radical (unpaired) electrons. The number of rotatable bonds is 3. The molecule has 1 aromatic carbocycles. The fourth-order valence-electron chi connectivity index (χ4n) is 1.97. The summed E-state index contributed by atoms with van der Waals surface area (Å²) in [5.74, 6) is 0.414. The molecule has 0 N–H and O–H groups in total. The molecule has 1 aliphatic carbocycles. The molecule has 1 saturated carbocycles. The van der Waals surface area contributed by atoms with Gasteiger partial charge in [-0.05, 0) is 18.9 Å². The van der Waals surface area contributed by atoms with Gasteiger partial charge in [0.1, 0.15) is 11.9 Å². The second kappa shape index (κ2) is 4.95. The Labute approximate surface area is 98.5 Å². The van der Waals surface area contributed by atoms with Crippen molar-refractivity contribution >= 4 is 11.5 Å². The Morgan fingerprint density at radius 2 is 2.12 bits per heavy atom. The van der Waals surface area contributed by atoms with Crippen molar-refractivity contribution in [3.63, 3.8) is 0 Å². The Morgan fingerprint density at radius 1 is 1.35 bits per heavy atom. The smallest absolute Gasteiger partial charge is 0.310 e. The average molecular weight is 235 g/mol. The van der Waals surface area contributed by atoms with Gasteiger partial charge in [-0.1, -0.05) is 12.1 Å². The lowest BCUT2D eigenvalue weighted by Gasteiger charge is -2.21. The molecular weight excluding hydrogens is 222 g/mol. The zero-order chi connectivity index (χ0) is 12.3. The van der Waals surface area contributed by atoms with Gasteiger partial charge in [-0.3, -0.25) is 14.9 Å². The molecule has 0 saturated heterocycles. The van der Waals surface area contributed by atoms with Crippen LogP contribution in [-0.4, -0.2) is 16.8 Å². The molecule has 1 aromatic rings. The van der Waals surface area contributed by atoms with Crippen LogP contribution in [0.3, 0.4) is 0 Å². The highest BCUT2D eigenvalue weighted by Gasteiger charge is 2.23. The second-order valence-electron chi connectivity index (χ2n) is 4.10. The summed E-state index contributed by atoms with van der Waals surface area (Å²) in [6.45, 7) is 0. The number of carbonyl (C=O) groups excluding carboxylic acids is 1. The number of ether oxygens (including phenoxy) is 1. The first-order valence-electron chi connectivity index (χ1n) is 5.58. The van der Waals surface area contributed by atoms with Gasteiger partial charge >= 0.3 is 5.69 Å². The molecule has 90 valence electrons. The van der Waals surface area contributed by atoms with Crippen molar-refractivity contribution in [1.29, 1.82) is 0 Å². The van der Waals surface area contributed by atoms with Crippen molar-refractivity contribution < 1.29 is 14.5 Å². The topological polar surface area (TPSA) is 69.4 Å². The molecule has 2 rings (SSSR count). The Kier molecular flexibility index (Phi) is 3.37. The van der Waals surface area contributed by atoms with Crippen LogP contribution < -0.4 is 4.74 Å². The minimum atomic E-state index is -0.472. The van der Waals surface area contributed by atoms with Crippen molar-refractivity contribution in [2.75, 3.05) is 0 Å². The summed E-state index contributed by atoms with van der Waals surface area (Å²) >= 11 is 0. The Balaban J connectivity index is 2.12. The summed E-state index contributed by atoms with van der Waals surface area (Å²) in [4.78, 5) is 21.6. The Morgan fingerprint density at radius 3 is 2.82 bits per heavy atom. The number of nitro groups is 1. The third-order valence-electron chi connectivity index (χ3n) is 2.79. The van der Waals surface area contributed by atoms with Crippen LogP contribution in [0.1, 0.15) is 25.7 Å². The number of ketones is 1. The largest absolute Gasteiger partial charge is 0.483 e. The first kappa shape index (κ1) is 11.6. The van der Waals surface area contributed by atoms with Gasteiger partial charge in [-0.2, -0.15) is 0 Å². The standard InChI is InChI=1S/C12H13NO4/c14-9-4-3-5-10(8-9)17-12-7-2-1-6-11(12)13(15)16/h1-2,6-7,10H,3-5,8H2. The average Bonchev–Trinajstić information content (AvgIpc) is 2.29. The molecule has 0 spiro atoms. The highest BCUT2D eigenvalue weighted by atomic mass is 16.6. The zero-order valence-electron chi connectivity index (χ0n) is 9.30. The second-order valence-corrected chi connectivity index (χ2v) is 4.10. The number of nitrogens with zero attached hydrogens (tertiary/aromatic N) is 1. The predicted molar refractivity (Wildman–Crippen MR) is 61.0 cm³/mol. The van der Waals surface area contributed by atoms with E-state index < -0.39 is 4.92 Å². The molecule has 1 fully saturated rings. The van der Waals surface area contributed by atoms with E-state index >= 15 is 0 Å². The minimum Gasteiger partial charge on any atom is -0.483 e. The summed E-state index contributed by atoms with van der Waals surface area (Å²) in [7, 11) is 0. The Bertz CT molecular complexity index is 444. The number of para-hydroxylation sites is 2. The third kappa shape index (κ3) is 2.81. The van der Waals surface area contributed by atoms with Gasteiger partial charge in [-0.25, -0.2) is 0 Å². The van der Waals surface area contributed by atoms with E-state index in [0.717, 1.165) is 12.8 Å². The van der Waals surface area contributed by atoms with Crippen molar-refractivity contribution in [1.82, 2.24) is 0 Å². The summed E-state index contributed by atoms with van der Waals surface area (Å²) in [6.07, 6.45) is 2.29. The van der Waals surface area contributed by atoms with Gasteiger partial charge in [0.2, 0.25) is 0 Å². The highest BCUT2D eigenvalue weighted by Crippen LogP contribution is 2.29. The summed E-state index contributed by atoms with van der Waals surface area (Å²) in [5.41, 5.74) is -0.0504. The van der Waals surface area contributed by atoms with Gasteiger partial charge in [0.05, 0.1) is 4.92 Å². The maximum Gasteiger partial charge on any atom is 0.310 e. The zero-order valence-corrected chi connectivity index (χ0v) is 9.30. The molecule has 0 amide bonds. The van der Waals surface area contributed by atoms with Crippen LogP contribution >= 0.6 is 0 Å². The highest BCUT2D eigenvalue weighted by molar-refractivity contribution is 5.79. The van der Waals surface area contributed by atoms with E-state index in [0.29, 0.717) is 12.8 Å². The number of Topliss-reactive ketones (excluding diaryl/α,β-unsaturated/α-hetero) is 1. The van der Waals surface area contributed by atoms with E-state index in [4.69, 9.17) is 4.74 Å². The maximum absolute atomic E-state index is 11.3. The van der Waals surface area contributed by atoms with Crippen LogP contribution in [0, 0.1) is 10.1 Å². The molecule has 17 heavy (non-hydrogen) atoms. The fraction of sp³-hybridized carbons (Fsp3) is 0.417. The third-order valence-corrected chi connectivity index (χ3v) is 2.79. The van der Waals surface area contributed by atoms with Crippen LogP contribution in [-0.2, 0) is 4.79 Å². The molecule has 1 unspecified atom stereocenters. The Hall–Kier alpha value is -1.91. The number of hydrogen-bond acceptors (Lipinski definition) is 4. The quantitative estimate of drug-likeness (QED) is 0.596. The van der Waals surface area contributed by atoms with Gasteiger partial charge < -0.3 is 4.74 Å². The molecule has 0 heterocycles. The molecular formula is C12H13NO4. The molecule has 0 aliphatic heterocycles. The van der Waals surface area contributed by atoms with E-state index in [1.54, 1.807) is 18.2 Å². The molecule has 5 heteroatoms. The van der Waals surface area contributed by atoms with Crippen LogP contribution in [0.5, 0.6) is 5.75 Å². The summed E-state index contributed by atoms with van der Waals surface area (Å²) in [5, 5.41) is 10.8. The lowest BCUT2D eigenvalue weighted by molar-refractivity contribution is -0.386. The van der Waals surface area contributed by atoms with Crippen molar-refractivity contribution in [3.8, 4) is 5.75 Å². The first-order valence-corrected chi connectivity index (χ1v) is 5.58. The molecule has 0 aromatic heterocycles. The lowest BCUT2D eigenvalue weighted by atomic mass is 9.96. The van der Waals surface area contributed by atoms with Gasteiger partial charge in [-0.15, -0.1) is 0 Å². The van der Waals surface area contributed by atoms with E-state index in [-0.39, 0.29) is 23.3 Å². The SMILES string of the molecule is O=C1CCCC(Oc2ccccc2[N+](=O)[O-])C1. The number of nitro benzene ring substituents is 1. The fourth-order valence-corrected chi connectivity index (χ4v) is 1.97. The monoisotopic (exact) mass is 235 g/mol. The number of benzene rings is 1. The van der Waals surface area contributed by atoms with Gasteiger partial charge in [0.15, 0.2) is 5.75 Å². The van der Waals surface area contributed by atoms with Gasteiger partial charge in [0, 0.05) is 18.9 Å². The maximum atomic E-state index is 11.3. The van der Waals surface area contributed by atoms with E-state index in [9.17, 15) is 14.9 Å². The van der Waals surface area contributed by atoms with Crippen molar-refractivity contribution in [3.05, 3.63) is 34.4 Å². The van der Waals surface area contributed by atoms with Crippen LogP contribution in [0.2, 0.25) is 0 Å². The van der Waals surface area contributed by atoms with E-state index in [1.165, 1.54) is 6.07 Å².